The largest absolute Gasteiger partial charge is 0.303 e. The number of anilines is 1. The highest BCUT2D eigenvalue weighted by Gasteiger charge is 2.27. The molecule has 0 fully saturated rings. The summed E-state index contributed by atoms with van der Waals surface area (Å²) in [6, 6.07) is 10.4. The zero-order valence-electron chi connectivity index (χ0n) is 14.6. The predicted molar refractivity (Wildman–Crippen MR) is 99.8 cm³/mol. The Morgan fingerprint density at radius 1 is 1.12 bits per heavy atom. The molecule has 1 atom stereocenters. The third-order valence-electron chi connectivity index (χ3n) is 4.67. The minimum Gasteiger partial charge on any atom is -0.303 e. The highest BCUT2D eigenvalue weighted by molar-refractivity contribution is 7.92. The van der Waals surface area contributed by atoms with Crippen molar-refractivity contribution in [1.82, 2.24) is 0 Å². The van der Waals surface area contributed by atoms with E-state index in [9.17, 15) is 17.6 Å². The van der Waals surface area contributed by atoms with E-state index in [1.165, 1.54) is 24.3 Å². The number of halogens is 1. The Morgan fingerprint density at radius 3 is 2.46 bits per heavy atom. The quantitative estimate of drug-likeness (QED) is 0.794. The van der Waals surface area contributed by atoms with Crippen molar-refractivity contribution in [3.63, 3.8) is 0 Å². The number of sulfonamides is 1. The molecule has 4 nitrogen and oxygen atoms in total. The van der Waals surface area contributed by atoms with Gasteiger partial charge in [0.2, 0.25) is 0 Å². The first-order valence-corrected chi connectivity index (χ1v) is 9.84. The fraction of sp³-hybridized carbons (Fsp3) is 0.250. The van der Waals surface area contributed by atoms with Gasteiger partial charge in [-0.2, -0.15) is 0 Å². The summed E-state index contributed by atoms with van der Waals surface area (Å²) in [6.07, 6.45) is 2.32. The van der Waals surface area contributed by atoms with Crippen molar-refractivity contribution in [2.24, 2.45) is 5.92 Å². The lowest BCUT2D eigenvalue weighted by Crippen LogP contribution is -2.15. The second-order valence-electron chi connectivity index (χ2n) is 6.58. The maximum absolute atomic E-state index is 13.8. The molecule has 0 heterocycles. The van der Waals surface area contributed by atoms with Crippen molar-refractivity contribution < 1.29 is 17.6 Å². The lowest BCUT2D eigenvalue weighted by molar-refractivity contribution is -0.109. The van der Waals surface area contributed by atoms with Crippen molar-refractivity contribution in [1.29, 1.82) is 0 Å². The van der Waals surface area contributed by atoms with Crippen molar-refractivity contribution in [2.75, 3.05) is 4.72 Å². The first-order chi connectivity index (χ1) is 12.3. The van der Waals surface area contributed by atoms with E-state index in [1.54, 1.807) is 12.1 Å². The molecular formula is C20H20FNO3S. The number of carbonyl (C=O) groups is 1. The van der Waals surface area contributed by atoms with Gasteiger partial charge in [0.1, 0.15) is 12.1 Å². The van der Waals surface area contributed by atoms with Gasteiger partial charge in [-0.15, -0.1) is 0 Å². The lowest BCUT2D eigenvalue weighted by Gasteiger charge is -2.17. The SMILES string of the molecule is CC1=C(c2ccc(F)cc2NS(=O)(=O)c2ccc(C)cc2)C(C=O)CC1. The van der Waals surface area contributed by atoms with E-state index in [0.717, 1.165) is 35.5 Å². The third kappa shape index (κ3) is 3.55. The molecule has 3 rings (SSSR count). The topological polar surface area (TPSA) is 63.2 Å². The van der Waals surface area contributed by atoms with Gasteiger partial charge in [0.15, 0.2) is 0 Å². The Morgan fingerprint density at radius 2 is 1.81 bits per heavy atom. The molecule has 6 heteroatoms. The van der Waals surface area contributed by atoms with Crippen molar-refractivity contribution in [2.45, 2.75) is 31.6 Å². The molecule has 0 aliphatic heterocycles. The van der Waals surface area contributed by atoms with E-state index < -0.39 is 15.8 Å². The van der Waals surface area contributed by atoms with Crippen LogP contribution >= 0.6 is 0 Å². The number of aldehydes is 1. The first-order valence-electron chi connectivity index (χ1n) is 8.36. The molecule has 136 valence electrons. The van der Waals surface area contributed by atoms with Crippen LogP contribution < -0.4 is 4.72 Å². The Balaban J connectivity index is 2.06. The van der Waals surface area contributed by atoms with Crippen molar-refractivity contribution >= 4 is 27.6 Å². The summed E-state index contributed by atoms with van der Waals surface area (Å²) >= 11 is 0. The van der Waals surface area contributed by atoms with Crippen LogP contribution in [0.2, 0.25) is 0 Å². The van der Waals surface area contributed by atoms with Crippen LogP contribution in [0.5, 0.6) is 0 Å². The molecular weight excluding hydrogens is 353 g/mol. The molecule has 0 saturated carbocycles. The van der Waals surface area contributed by atoms with Crippen LogP contribution in [0.1, 0.15) is 30.9 Å². The van der Waals surface area contributed by atoms with E-state index >= 15 is 0 Å². The second kappa shape index (κ2) is 7.03. The summed E-state index contributed by atoms with van der Waals surface area (Å²) in [6.45, 7) is 3.78. The van der Waals surface area contributed by atoms with Gasteiger partial charge in [0.05, 0.1) is 10.6 Å². The fourth-order valence-electron chi connectivity index (χ4n) is 3.29. The van der Waals surface area contributed by atoms with Gasteiger partial charge < -0.3 is 4.79 Å². The van der Waals surface area contributed by atoms with Gasteiger partial charge >= 0.3 is 0 Å². The van der Waals surface area contributed by atoms with Gasteiger partial charge in [-0.3, -0.25) is 4.72 Å². The molecule has 0 bridgehead atoms. The van der Waals surface area contributed by atoms with Crippen molar-refractivity contribution in [3.05, 3.63) is 65.0 Å². The number of rotatable bonds is 5. The normalized spacial score (nSPS) is 17.4. The van der Waals surface area contributed by atoms with Crippen LogP contribution in [-0.4, -0.2) is 14.7 Å². The van der Waals surface area contributed by atoms with Gasteiger partial charge in [-0.25, -0.2) is 12.8 Å². The molecule has 1 aliphatic carbocycles. The molecule has 0 spiro atoms. The molecule has 26 heavy (non-hydrogen) atoms. The van der Waals surface area contributed by atoms with E-state index in [4.69, 9.17) is 0 Å². The zero-order valence-corrected chi connectivity index (χ0v) is 15.4. The number of carbonyl (C=O) groups excluding carboxylic acids is 1. The average Bonchev–Trinajstić information content (AvgIpc) is 2.96. The molecule has 1 aliphatic rings. The fourth-order valence-corrected chi connectivity index (χ4v) is 4.36. The monoisotopic (exact) mass is 373 g/mol. The number of benzene rings is 2. The molecule has 0 saturated heterocycles. The summed E-state index contributed by atoms with van der Waals surface area (Å²) in [5, 5.41) is 0. The number of allylic oxidation sites excluding steroid dienone is 2. The smallest absolute Gasteiger partial charge is 0.261 e. The molecule has 2 aromatic carbocycles. The van der Waals surface area contributed by atoms with E-state index in [1.807, 2.05) is 13.8 Å². The number of hydrogen-bond acceptors (Lipinski definition) is 3. The minimum atomic E-state index is -3.87. The molecule has 1 N–H and O–H groups in total. The summed E-state index contributed by atoms with van der Waals surface area (Å²) < 4.78 is 41.7. The van der Waals surface area contributed by atoms with E-state index in [-0.39, 0.29) is 16.5 Å². The van der Waals surface area contributed by atoms with E-state index in [2.05, 4.69) is 4.72 Å². The lowest BCUT2D eigenvalue weighted by atomic mass is 9.93. The van der Waals surface area contributed by atoms with Crippen LogP contribution in [0.25, 0.3) is 5.57 Å². The minimum absolute atomic E-state index is 0.0994. The van der Waals surface area contributed by atoms with Crippen LogP contribution in [0.3, 0.4) is 0 Å². The van der Waals surface area contributed by atoms with Crippen LogP contribution in [0.4, 0.5) is 10.1 Å². The predicted octanol–water partition coefficient (Wildman–Crippen LogP) is 4.32. The third-order valence-corrected chi connectivity index (χ3v) is 6.05. The Hall–Kier alpha value is -2.47. The van der Waals surface area contributed by atoms with Crippen LogP contribution in [0.15, 0.2) is 52.9 Å². The van der Waals surface area contributed by atoms with Gasteiger partial charge in [-0.1, -0.05) is 23.3 Å². The van der Waals surface area contributed by atoms with Gasteiger partial charge in [0.25, 0.3) is 10.0 Å². The molecule has 0 radical (unpaired) electrons. The van der Waals surface area contributed by atoms with Crippen molar-refractivity contribution in [3.8, 4) is 0 Å². The number of hydrogen-bond donors (Lipinski definition) is 1. The van der Waals surface area contributed by atoms with E-state index in [0.29, 0.717) is 12.0 Å². The molecule has 1 unspecified atom stereocenters. The van der Waals surface area contributed by atoms with Gasteiger partial charge in [-0.05, 0) is 62.6 Å². The Bertz CT molecular complexity index is 979. The molecule has 0 amide bonds. The maximum Gasteiger partial charge on any atom is 0.261 e. The first kappa shape index (κ1) is 18.3. The standard InChI is InChI=1S/C20H20FNO3S/c1-13-3-8-17(9-4-13)26(24,25)22-19-11-16(21)7-10-18(19)20-14(2)5-6-15(20)12-23/h3-4,7-12,15,22H,5-6H2,1-2H3. The Kier molecular flexibility index (Phi) is 4.96. The summed E-state index contributed by atoms with van der Waals surface area (Å²) in [4.78, 5) is 11.5. The second-order valence-corrected chi connectivity index (χ2v) is 8.27. The Labute approximate surface area is 152 Å². The highest BCUT2D eigenvalue weighted by atomic mass is 32.2. The number of nitrogens with one attached hydrogen (secondary N) is 1. The number of aryl methyl sites for hydroxylation is 1. The maximum atomic E-state index is 13.8. The highest BCUT2D eigenvalue weighted by Crippen LogP contribution is 2.41. The molecule has 0 aromatic heterocycles. The zero-order chi connectivity index (χ0) is 18.9. The molecule has 2 aromatic rings. The summed E-state index contributed by atoms with van der Waals surface area (Å²) in [5.41, 5.74) is 3.44. The average molecular weight is 373 g/mol. The van der Waals surface area contributed by atoms with Crippen LogP contribution in [-0.2, 0) is 14.8 Å². The van der Waals surface area contributed by atoms with Gasteiger partial charge in [0, 0.05) is 11.5 Å². The summed E-state index contributed by atoms with van der Waals surface area (Å²) in [7, 11) is -3.87. The van der Waals surface area contributed by atoms with Crippen LogP contribution in [0, 0.1) is 18.7 Å². The summed E-state index contributed by atoms with van der Waals surface area (Å²) in [5.74, 6) is -0.850.